The van der Waals surface area contributed by atoms with E-state index in [1.807, 2.05) is 4.90 Å². The molecule has 1 unspecified atom stereocenters. The molecule has 0 aromatic heterocycles. The molecule has 0 saturated carbocycles. The largest absolute Gasteiger partial charge is 0.343 e. The maximum absolute atomic E-state index is 12.8. The molecule has 1 atom stereocenters. The van der Waals surface area contributed by atoms with Crippen molar-refractivity contribution in [2.24, 2.45) is 0 Å². The number of hydrogen-bond acceptors (Lipinski definition) is 1. The number of benzene rings is 1. The first kappa shape index (κ1) is 12.1. The lowest BCUT2D eigenvalue weighted by atomic mass is 9.89. The van der Waals surface area contributed by atoms with Crippen LogP contribution in [0.3, 0.4) is 0 Å². The van der Waals surface area contributed by atoms with Crippen molar-refractivity contribution in [3.05, 3.63) is 35.6 Å². The van der Waals surface area contributed by atoms with Crippen LogP contribution in [0.15, 0.2) is 24.3 Å². The van der Waals surface area contributed by atoms with Gasteiger partial charge in [-0.25, -0.2) is 4.39 Å². The average Bonchev–Trinajstić information content (AvgIpc) is 2.33. The second kappa shape index (κ2) is 5.30. The van der Waals surface area contributed by atoms with Gasteiger partial charge in [0.2, 0.25) is 5.91 Å². The summed E-state index contributed by atoms with van der Waals surface area (Å²) in [7, 11) is 0. The highest BCUT2D eigenvalue weighted by Gasteiger charge is 2.25. The second-order valence-corrected chi connectivity index (χ2v) is 4.62. The fraction of sp³-hybridized carbons (Fsp3) is 0.500. The van der Waals surface area contributed by atoms with Crippen LogP contribution in [-0.2, 0) is 4.79 Å². The predicted molar refractivity (Wildman–Crippen MR) is 65.2 cm³/mol. The van der Waals surface area contributed by atoms with E-state index < -0.39 is 0 Å². The average molecular weight is 235 g/mol. The smallest absolute Gasteiger partial charge is 0.223 e. The van der Waals surface area contributed by atoms with Crippen molar-refractivity contribution in [2.75, 3.05) is 13.1 Å². The Kier molecular flexibility index (Phi) is 3.77. The Balaban J connectivity index is 2.01. The first-order chi connectivity index (χ1) is 8.20. The van der Waals surface area contributed by atoms with Gasteiger partial charge in [-0.15, -0.1) is 0 Å². The van der Waals surface area contributed by atoms with Gasteiger partial charge in [0.05, 0.1) is 0 Å². The molecule has 2 nitrogen and oxygen atoms in total. The SMILES string of the molecule is CCCN1CCC(c2ccc(F)cc2)CC1=O. The number of likely N-dealkylation sites (tertiary alicyclic amines) is 1. The van der Waals surface area contributed by atoms with Crippen LogP contribution in [-0.4, -0.2) is 23.9 Å². The van der Waals surface area contributed by atoms with Gasteiger partial charge in [0.25, 0.3) is 0 Å². The third kappa shape index (κ3) is 2.84. The zero-order valence-electron chi connectivity index (χ0n) is 10.2. The molecule has 17 heavy (non-hydrogen) atoms. The van der Waals surface area contributed by atoms with Crippen LogP contribution in [0.1, 0.15) is 37.7 Å². The van der Waals surface area contributed by atoms with Gasteiger partial charge in [0, 0.05) is 19.5 Å². The van der Waals surface area contributed by atoms with Crippen LogP contribution in [0.4, 0.5) is 4.39 Å². The summed E-state index contributed by atoms with van der Waals surface area (Å²) < 4.78 is 12.8. The van der Waals surface area contributed by atoms with Crippen molar-refractivity contribution in [1.82, 2.24) is 4.90 Å². The molecule has 1 fully saturated rings. The highest BCUT2D eigenvalue weighted by atomic mass is 19.1. The van der Waals surface area contributed by atoms with Crippen molar-refractivity contribution in [1.29, 1.82) is 0 Å². The normalized spacial score (nSPS) is 20.7. The quantitative estimate of drug-likeness (QED) is 0.788. The summed E-state index contributed by atoms with van der Waals surface area (Å²) in [6.07, 6.45) is 2.55. The lowest BCUT2D eigenvalue weighted by molar-refractivity contribution is -0.133. The molecule has 0 N–H and O–H groups in total. The lowest BCUT2D eigenvalue weighted by Crippen LogP contribution is -2.38. The molecule has 3 heteroatoms. The Labute approximate surface area is 101 Å². The summed E-state index contributed by atoms with van der Waals surface area (Å²) in [6, 6.07) is 6.53. The van der Waals surface area contributed by atoms with Gasteiger partial charge in [-0.2, -0.15) is 0 Å². The predicted octanol–water partition coefficient (Wildman–Crippen LogP) is 2.94. The first-order valence-electron chi connectivity index (χ1n) is 6.24. The summed E-state index contributed by atoms with van der Waals surface area (Å²) in [4.78, 5) is 13.8. The van der Waals surface area contributed by atoms with Crippen molar-refractivity contribution >= 4 is 5.91 Å². The van der Waals surface area contributed by atoms with Gasteiger partial charge >= 0.3 is 0 Å². The minimum Gasteiger partial charge on any atom is -0.343 e. The summed E-state index contributed by atoms with van der Waals surface area (Å²) in [5, 5.41) is 0. The van der Waals surface area contributed by atoms with Crippen molar-refractivity contribution in [3.63, 3.8) is 0 Å². The van der Waals surface area contributed by atoms with Gasteiger partial charge in [-0.05, 0) is 36.5 Å². The van der Waals surface area contributed by atoms with Crippen LogP contribution in [0, 0.1) is 5.82 Å². The summed E-state index contributed by atoms with van der Waals surface area (Å²) in [6.45, 7) is 3.77. The number of nitrogens with zero attached hydrogens (tertiary/aromatic N) is 1. The van der Waals surface area contributed by atoms with E-state index in [0.717, 1.165) is 31.5 Å². The first-order valence-corrected chi connectivity index (χ1v) is 6.24. The molecule has 0 aliphatic carbocycles. The van der Waals surface area contributed by atoms with E-state index >= 15 is 0 Å². The van der Waals surface area contributed by atoms with E-state index in [-0.39, 0.29) is 17.6 Å². The van der Waals surface area contributed by atoms with Gasteiger partial charge in [-0.1, -0.05) is 19.1 Å². The maximum atomic E-state index is 12.8. The zero-order chi connectivity index (χ0) is 12.3. The number of piperidine rings is 1. The molecular weight excluding hydrogens is 217 g/mol. The van der Waals surface area contributed by atoms with Gasteiger partial charge in [-0.3, -0.25) is 4.79 Å². The van der Waals surface area contributed by atoms with E-state index in [0.29, 0.717) is 6.42 Å². The Morgan fingerprint density at radius 2 is 2.06 bits per heavy atom. The Morgan fingerprint density at radius 3 is 2.65 bits per heavy atom. The van der Waals surface area contributed by atoms with Crippen molar-refractivity contribution < 1.29 is 9.18 Å². The third-order valence-electron chi connectivity index (χ3n) is 3.36. The molecule has 1 aliphatic heterocycles. The molecule has 0 spiro atoms. The van der Waals surface area contributed by atoms with Gasteiger partial charge in [0.15, 0.2) is 0 Å². The van der Waals surface area contributed by atoms with Crippen LogP contribution in [0.5, 0.6) is 0 Å². The molecule has 2 rings (SSSR count). The second-order valence-electron chi connectivity index (χ2n) is 4.62. The number of rotatable bonds is 3. The minimum atomic E-state index is -0.219. The topological polar surface area (TPSA) is 20.3 Å². The molecule has 1 aliphatic rings. The lowest BCUT2D eigenvalue weighted by Gasteiger charge is -2.31. The van der Waals surface area contributed by atoms with Crippen LogP contribution in [0.25, 0.3) is 0 Å². The zero-order valence-corrected chi connectivity index (χ0v) is 10.2. The van der Waals surface area contributed by atoms with Crippen molar-refractivity contribution in [2.45, 2.75) is 32.1 Å². The summed E-state index contributed by atoms with van der Waals surface area (Å²) in [5.74, 6) is 0.270. The van der Waals surface area contributed by atoms with Crippen molar-refractivity contribution in [3.8, 4) is 0 Å². The van der Waals surface area contributed by atoms with Crippen LogP contribution in [0.2, 0.25) is 0 Å². The maximum Gasteiger partial charge on any atom is 0.223 e. The van der Waals surface area contributed by atoms with Gasteiger partial charge < -0.3 is 4.90 Å². The number of carbonyl (C=O) groups excluding carboxylic acids is 1. The Morgan fingerprint density at radius 1 is 1.35 bits per heavy atom. The fourth-order valence-electron chi connectivity index (χ4n) is 2.40. The van der Waals surface area contributed by atoms with Gasteiger partial charge in [0.1, 0.15) is 5.82 Å². The van der Waals surface area contributed by atoms with E-state index in [1.54, 1.807) is 12.1 Å². The third-order valence-corrected chi connectivity index (χ3v) is 3.36. The van der Waals surface area contributed by atoms with E-state index in [2.05, 4.69) is 6.92 Å². The fourth-order valence-corrected chi connectivity index (χ4v) is 2.40. The molecule has 0 radical (unpaired) electrons. The van der Waals surface area contributed by atoms with Crippen LogP contribution >= 0.6 is 0 Å². The van der Waals surface area contributed by atoms with E-state index in [1.165, 1.54) is 12.1 Å². The molecule has 1 aromatic rings. The molecule has 1 amide bonds. The molecule has 0 bridgehead atoms. The highest BCUT2D eigenvalue weighted by Crippen LogP contribution is 2.28. The molecule has 92 valence electrons. The number of hydrogen-bond donors (Lipinski definition) is 0. The van der Waals surface area contributed by atoms with E-state index in [4.69, 9.17) is 0 Å². The Bertz CT molecular complexity index is 388. The highest BCUT2D eigenvalue weighted by molar-refractivity contribution is 5.78. The molecular formula is C14H18FNO. The van der Waals surface area contributed by atoms with Crippen LogP contribution < -0.4 is 0 Å². The minimum absolute atomic E-state index is 0.219. The van der Waals surface area contributed by atoms with E-state index in [9.17, 15) is 9.18 Å². The summed E-state index contributed by atoms with van der Waals surface area (Å²) >= 11 is 0. The Hall–Kier alpha value is -1.38. The molecule has 1 saturated heterocycles. The monoisotopic (exact) mass is 235 g/mol. The molecule has 1 aromatic carbocycles. The number of halogens is 1. The number of amides is 1. The number of carbonyl (C=O) groups is 1. The summed E-state index contributed by atoms with van der Waals surface area (Å²) in [5.41, 5.74) is 1.08. The molecule has 1 heterocycles. The standard InChI is InChI=1S/C14H18FNO/c1-2-8-16-9-7-12(10-14(16)17)11-3-5-13(15)6-4-11/h3-6,12H,2,7-10H2,1H3.